The van der Waals surface area contributed by atoms with Crippen LogP contribution in [0, 0.1) is 13.8 Å². The molecular weight excluding hydrogens is 258 g/mol. The van der Waals surface area contributed by atoms with Crippen molar-refractivity contribution in [1.82, 2.24) is 5.32 Å². The van der Waals surface area contributed by atoms with Crippen LogP contribution in [0.2, 0.25) is 0 Å². The van der Waals surface area contributed by atoms with Crippen molar-refractivity contribution < 1.29 is 4.74 Å². The van der Waals surface area contributed by atoms with Gasteiger partial charge in [0, 0.05) is 18.2 Å². The Hall–Kier alpha value is -1.80. The number of aryl methyl sites for hydroxylation is 2. The SMILES string of the molecule is Cc1ccc(COc2ccc(C)cc2CNC(C)C)cc1. The van der Waals surface area contributed by atoms with E-state index in [1.807, 2.05) is 0 Å². The van der Waals surface area contributed by atoms with Crippen LogP contribution in [0.25, 0.3) is 0 Å². The lowest BCUT2D eigenvalue weighted by Gasteiger charge is -2.14. The van der Waals surface area contributed by atoms with E-state index >= 15 is 0 Å². The Morgan fingerprint density at radius 2 is 1.62 bits per heavy atom. The van der Waals surface area contributed by atoms with Crippen LogP contribution in [0.5, 0.6) is 5.75 Å². The summed E-state index contributed by atoms with van der Waals surface area (Å²) in [6, 6.07) is 15.3. The van der Waals surface area contributed by atoms with Crippen molar-refractivity contribution in [2.24, 2.45) is 0 Å². The van der Waals surface area contributed by atoms with Crippen LogP contribution in [-0.2, 0) is 13.2 Å². The highest BCUT2D eigenvalue weighted by Crippen LogP contribution is 2.21. The molecule has 0 fully saturated rings. The van der Waals surface area contributed by atoms with Crippen molar-refractivity contribution >= 4 is 0 Å². The number of benzene rings is 2. The third-order valence-electron chi connectivity index (χ3n) is 3.43. The van der Waals surface area contributed by atoms with E-state index in [9.17, 15) is 0 Å². The maximum absolute atomic E-state index is 6.01. The Kier molecular flexibility index (Phi) is 5.40. The molecule has 21 heavy (non-hydrogen) atoms. The predicted octanol–water partition coefficient (Wildman–Crippen LogP) is 4.38. The second-order valence-electron chi connectivity index (χ2n) is 5.92. The molecule has 2 rings (SSSR count). The summed E-state index contributed by atoms with van der Waals surface area (Å²) in [6.45, 7) is 9.97. The highest BCUT2D eigenvalue weighted by molar-refractivity contribution is 5.37. The molecule has 2 aromatic rings. The number of nitrogens with one attached hydrogen (secondary N) is 1. The fraction of sp³-hybridized carbons (Fsp3) is 0.368. The van der Waals surface area contributed by atoms with Gasteiger partial charge in [-0.25, -0.2) is 0 Å². The van der Waals surface area contributed by atoms with E-state index in [0.717, 1.165) is 12.3 Å². The highest BCUT2D eigenvalue weighted by atomic mass is 16.5. The van der Waals surface area contributed by atoms with E-state index in [1.165, 1.54) is 22.3 Å². The van der Waals surface area contributed by atoms with Gasteiger partial charge in [0.1, 0.15) is 12.4 Å². The summed E-state index contributed by atoms with van der Waals surface area (Å²) in [4.78, 5) is 0. The molecule has 0 atom stereocenters. The van der Waals surface area contributed by atoms with Gasteiger partial charge in [0.2, 0.25) is 0 Å². The van der Waals surface area contributed by atoms with E-state index in [4.69, 9.17) is 4.74 Å². The van der Waals surface area contributed by atoms with Gasteiger partial charge in [-0.3, -0.25) is 0 Å². The summed E-state index contributed by atoms with van der Waals surface area (Å²) in [7, 11) is 0. The molecule has 2 aromatic carbocycles. The largest absolute Gasteiger partial charge is 0.489 e. The molecule has 0 spiro atoms. The molecule has 0 saturated carbocycles. The van der Waals surface area contributed by atoms with Crippen LogP contribution in [0.1, 0.15) is 36.1 Å². The first-order valence-corrected chi connectivity index (χ1v) is 7.56. The third kappa shape index (κ3) is 4.91. The molecule has 0 heterocycles. The van der Waals surface area contributed by atoms with Gasteiger partial charge in [0.25, 0.3) is 0 Å². The molecule has 0 radical (unpaired) electrons. The van der Waals surface area contributed by atoms with Crippen LogP contribution >= 0.6 is 0 Å². The molecule has 0 aromatic heterocycles. The molecule has 2 heteroatoms. The van der Waals surface area contributed by atoms with Gasteiger partial charge >= 0.3 is 0 Å². The Labute approximate surface area is 128 Å². The van der Waals surface area contributed by atoms with E-state index in [-0.39, 0.29) is 0 Å². The summed E-state index contributed by atoms with van der Waals surface area (Å²) >= 11 is 0. The van der Waals surface area contributed by atoms with Gasteiger partial charge in [-0.2, -0.15) is 0 Å². The van der Waals surface area contributed by atoms with Crippen LogP contribution in [0.15, 0.2) is 42.5 Å². The minimum atomic E-state index is 0.468. The standard InChI is InChI=1S/C19H25NO/c1-14(2)20-12-18-11-16(4)7-10-19(18)21-13-17-8-5-15(3)6-9-17/h5-11,14,20H,12-13H2,1-4H3. The summed E-state index contributed by atoms with van der Waals surface area (Å²) in [5, 5.41) is 3.46. The van der Waals surface area contributed by atoms with Crippen molar-refractivity contribution in [3.05, 3.63) is 64.7 Å². The average Bonchev–Trinajstić information content (AvgIpc) is 2.45. The van der Waals surface area contributed by atoms with Gasteiger partial charge < -0.3 is 10.1 Å². The molecule has 0 aliphatic heterocycles. The normalized spacial score (nSPS) is 10.9. The van der Waals surface area contributed by atoms with E-state index < -0.39 is 0 Å². The van der Waals surface area contributed by atoms with Gasteiger partial charge in [0.15, 0.2) is 0 Å². The van der Waals surface area contributed by atoms with E-state index in [0.29, 0.717) is 12.6 Å². The Morgan fingerprint density at radius 1 is 0.952 bits per heavy atom. The molecule has 0 amide bonds. The first-order valence-electron chi connectivity index (χ1n) is 7.56. The van der Waals surface area contributed by atoms with Crippen molar-refractivity contribution in [2.45, 2.75) is 46.9 Å². The summed E-state index contributed by atoms with van der Waals surface area (Å²) in [6.07, 6.45) is 0. The quantitative estimate of drug-likeness (QED) is 0.849. The zero-order valence-corrected chi connectivity index (χ0v) is 13.4. The summed E-state index contributed by atoms with van der Waals surface area (Å²) in [5.41, 5.74) is 4.95. The number of rotatable bonds is 6. The first-order chi connectivity index (χ1) is 10.0. The molecule has 0 aliphatic carbocycles. The van der Waals surface area contributed by atoms with Gasteiger partial charge in [-0.1, -0.05) is 61.4 Å². The minimum Gasteiger partial charge on any atom is -0.489 e. The van der Waals surface area contributed by atoms with Crippen LogP contribution in [0.3, 0.4) is 0 Å². The Bertz CT molecular complexity index is 573. The van der Waals surface area contributed by atoms with Crippen molar-refractivity contribution in [1.29, 1.82) is 0 Å². The predicted molar refractivity (Wildman–Crippen MR) is 88.7 cm³/mol. The Morgan fingerprint density at radius 3 is 2.29 bits per heavy atom. The van der Waals surface area contributed by atoms with Crippen LogP contribution in [-0.4, -0.2) is 6.04 Å². The van der Waals surface area contributed by atoms with Crippen molar-refractivity contribution in [3.8, 4) is 5.75 Å². The topological polar surface area (TPSA) is 21.3 Å². The fourth-order valence-electron chi connectivity index (χ4n) is 2.15. The second kappa shape index (κ2) is 7.28. The van der Waals surface area contributed by atoms with Crippen LogP contribution < -0.4 is 10.1 Å². The fourth-order valence-corrected chi connectivity index (χ4v) is 2.15. The van der Waals surface area contributed by atoms with Gasteiger partial charge in [-0.15, -0.1) is 0 Å². The number of hydrogen-bond donors (Lipinski definition) is 1. The molecular formula is C19H25NO. The maximum atomic E-state index is 6.01. The zero-order chi connectivity index (χ0) is 15.2. The average molecular weight is 283 g/mol. The van der Waals surface area contributed by atoms with Crippen molar-refractivity contribution in [3.63, 3.8) is 0 Å². The molecule has 0 aliphatic rings. The number of ether oxygens (including phenoxy) is 1. The summed E-state index contributed by atoms with van der Waals surface area (Å²) < 4.78 is 6.01. The van der Waals surface area contributed by atoms with Gasteiger partial charge in [0.05, 0.1) is 0 Å². The minimum absolute atomic E-state index is 0.468. The lowest BCUT2D eigenvalue weighted by molar-refractivity contribution is 0.301. The monoisotopic (exact) mass is 283 g/mol. The summed E-state index contributed by atoms with van der Waals surface area (Å²) in [5.74, 6) is 0.967. The maximum Gasteiger partial charge on any atom is 0.124 e. The Balaban J connectivity index is 2.06. The molecule has 0 unspecified atom stereocenters. The third-order valence-corrected chi connectivity index (χ3v) is 3.43. The van der Waals surface area contributed by atoms with Crippen LogP contribution in [0.4, 0.5) is 0 Å². The molecule has 1 N–H and O–H groups in total. The lowest BCUT2D eigenvalue weighted by Crippen LogP contribution is -2.22. The smallest absolute Gasteiger partial charge is 0.124 e. The van der Waals surface area contributed by atoms with E-state index in [1.54, 1.807) is 0 Å². The van der Waals surface area contributed by atoms with Crippen molar-refractivity contribution in [2.75, 3.05) is 0 Å². The molecule has 112 valence electrons. The van der Waals surface area contributed by atoms with E-state index in [2.05, 4.69) is 75.5 Å². The zero-order valence-electron chi connectivity index (χ0n) is 13.4. The molecule has 2 nitrogen and oxygen atoms in total. The number of hydrogen-bond acceptors (Lipinski definition) is 2. The molecule has 0 saturated heterocycles. The highest BCUT2D eigenvalue weighted by Gasteiger charge is 2.05. The lowest BCUT2D eigenvalue weighted by atomic mass is 10.1. The molecule has 0 bridgehead atoms. The second-order valence-corrected chi connectivity index (χ2v) is 5.92. The first kappa shape index (κ1) is 15.6. The van der Waals surface area contributed by atoms with Gasteiger partial charge in [-0.05, 0) is 25.5 Å².